The first-order valence-electron chi connectivity index (χ1n) is 27.4. The minimum Gasteiger partial charge on any atom is -0.480 e. The molecule has 21 nitrogen and oxygen atoms in total. The zero-order valence-corrected chi connectivity index (χ0v) is 48.5. The van der Waals surface area contributed by atoms with Crippen molar-refractivity contribution < 1.29 is 57.8 Å². The molecular weight excluding hydrogens is 1100 g/mol. The van der Waals surface area contributed by atoms with Crippen LogP contribution >= 0.6 is 21.6 Å². The molecule has 1 heterocycles. The molecule has 0 aromatic heterocycles. The summed E-state index contributed by atoms with van der Waals surface area (Å²) in [6, 6.07) is 27.3. The number of nitrogens with one attached hydrogen (secondary N) is 7. The summed E-state index contributed by atoms with van der Waals surface area (Å²) in [6.07, 6.45) is -3.28. The van der Waals surface area contributed by atoms with Crippen LogP contribution in [0.1, 0.15) is 67.1 Å². The van der Waals surface area contributed by atoms with Crippen LogP contribution in [0.5, 0.6) is 0 Å². The molecule has 10 atom stereocenters. The van der Waals surface area contributed by atoms with Crippen molar-refractivity contribution in [3.63, 3.8) is 0 Å². The second kappa shape index (κ2) is 31.1. The van der Waals surface area contributed by atoms with Crippen LogP contribution in [-0.2, 0) is 57.6 Å². The summed E-state index contributed by atoms with van der Waals surface area (Å²) in [6.45, 7) is 4.79. The topological polar surface area (TPSA) is 330 Å². The molecule has 0 aliphatic carbocycles. The van der Waals surface area contributed by atoms with Crippen LogP contribution in [0.15, 0.2) is 133 Å². The van der Waals surface area contributed by atoms with Crippen molar-refractivity contribution in [2.45, 2.75) is 120 Å². The fraction of sp³-hybridized carbons (Fsp3) is 0.383. The molecule has 5 aromatic rings. The number of unbranched alkanes of at least 4 members (excludes halogenated alkanes) is 1. The van der Waals surface area contributed by atoms with E-state index < -0.39 is 118 Å². The molecule has 1 aliphatic heterocycles. The first kappa shape index (κ1) is 64.5. The Labute approximate surface area is 490 Å². The van der Waals surface area contributed by atoms with Crippen molar-refractivity contribution in [3.05, 3.63) is 156 Å². The number of hydrogen-bond acceptors (Lipinski definition) is 14. The number of carboxylic acid groups (broad SMARTS) is 1. The molecule has 0 spiro atoms. The van der Waals surface area contributed by atoms with Crippen molar-refractivity contribution in [2.24, 2.45) is 11.5 Å². The minimum absolute atomic E-state index is 0.0600. The summed E-state index contributed by atoms with van der Waals surface area (Å²) in [4.78, 5) is 131. The maximum absolute atomic E-state index is 15.5. The average Bonchev–Trinajstić information content (AvgIpc) is 3.23. The van der Waals surface area contributed by atoms with E-state index >= 15 is 14.4 Å². The Morgan fingerprint density at radius 3 is 1.53 bits per heavy atom. The van der Waals surface area contributed by atoms with Gasteiger partial charge in [0.2, 0.25) is 35.4 Å². The van der Waals surface area contributed by atoms with Crippen LogP contribution < -0.4 is 48.7 Å². The maximum atomic E-state index is 15.5. The SMILES string of the molecule is CC(O)[C@@H]1NC(=O)[C@H](CCCCN)NC(=O)[C@@H]([N+](C)(C(=O)c2ccc3ccccc3c2)C(C)C)NC(=O)[C@H](Cc2ccccc2)NC(=O)[C@H](Cc2ccccc2)NC(=O)[C@H](N)CSSC[C@@H](C(=O)O)NC(=O)[C@H](Cc2ccccc2)NC1=O. The van der Waals surface area contributed by atoms with Gasteiger partial charge in [-0.05, 0) is 86.2 Å². The Kier molecular flexibility index (Phi) is 24.2. The molecule has 0 saturated carbocycles. The summed E-state index contributed by atoms with van der Waals surface area (Å²) in [5, 5.41) is 41.7. The van der Waals surface area contributed by atoms with E-state index in [1.54, 1.807) is 123 Å². The second-order valence-electron chi connectivity index (χ2n) is 20.9. The van der Waals surface area contributed by atoms with Gasteiger partial charge in [-0.3, -0.25) is 38.9 Å². The lowest BCUT2D eigenvalue weighted by atomic mass is 10.0. The molecule has 6 rings (SSSR count). The highest BCUT2D eigenvalue weighted by Gasteiger charge is 2.50. The molecule has 5 aromatic carbocycles. The summed E-state index contributed by atoms with van der Waals surface area (Å²) < 4.78 is -0.827. The Balaban J connectivity index is 1.48. The van der Waals surface area contributed by atoms with Gasteiger partial charge in [0.05, 0.1) is 30.8 Å². The van der Waals surface area contributed by atoms with Crippen LogP contribution in [0.4, 0.5) is 0 Å². The monoisotopic (exact) mass is 1180 g/mol. The molecule has 13 N–H and O–H groups in total. The lowest BCUT2D eigenvalue weighted by Crippen LogP contribution is -2.72. The van der Waals surface area contributed by atoms with E-state index in [9.17, 15) is 39.0 Å². The van der Waals surface area contributed by atoms with E-state index in [4.69, 9.17) is 11.5 Å². The van der Waals surface area contributed by atoms with Crippen LogP contribution in [0.25, 0.3) is 10.8 Å². The number of amides is 8. The largest absolute Gasteiger partial charge is 0.480 e. The van der Waals surface area contributed by atoms with Crippen molar-refractivity contribution >= 4 is 85.6 Å². The Bertz CT molecular complexity index is 3050. The predicted octanol–water partition coefficient (Wildman–Crippen LogP) is 2.23. The number of nitrogens with two attached hydrogens (primary N) is 2. The van der Waals surface area contributed by atoms with E-state index in [-0.39, 0.29) is 55.7 Å². The second-order valence-corrected chi connectivity index (χ2v) is 23.5. The van der Waals surface area contributed by atoms with Crippen molar-refractivity contribution in [2.75, 3.05) is 25.1 Å². The number of carbonyl (C=O) groups is 9. The van der Waals surface area contributed by atoms with Crippen molar-refractivity contribution in [1.29, 1.82) is 0 Å². The van der Waals surface area contributed by atoms with E-state index in [1.807, 2.05) is 24.3 Å². The zero-order valence-electron chi connectivity index (χ0n) is 46.8. The number of quaternary nitrogens is 1. The van der Waals surface area contributed by atoms with Gasteiger partial charge in [0.15, 0.2) is 0 Å². The van der Waals surface area contributed by atoms with Gasteiger partial charge >= 0.3 is 17.8 Å². The first-order chi connectivity index (χ1) is 39.7. The molecule has 0 bridgehead atoms. The summed E-state index contributed by atoms with van der Waals surface area (Å²) in [5.41, 5.74) is 14.3. The number of benzene rings is 5. The van der Waals surface area contributed by atoms with Gasteiger partial charge in [-0.25, -0.2) is 14.1 Å². The maximum Gasteiger partial charge on any atom is 0.348 e. The Hall–Kier alpha value is -7.67. The molecule has 1 fully saturated rings. The Morgan fingerprint density at radius 2 is 1.01 bits per heavy atom. The van der Waals surface area contributed by atoms with E-state index in [1.165, 1.54) is 14.0 Å². The highest BCUT2D eigenvalue weighted by molar-refractivity contribution is 8.76. The van der Waals surface area contributed by atoms with Gasteiger partial charge in [-0.2, -0.15) is 0 Å². The van der Waals surface area contributed by atoms with Crippen LogP contribution in [0.3, 0.4) is 0 Å². The van der Waals surface area contributed by atoms with Gasteiger partial charge < -0.3 is 53.6 Å². The number of likely N-dealkylation sites (N-methyl/N-ethyl adjacent to an activating group) is 1. The summed E-state index contributed by atoms with van der Waals surface area (Å²) in [7, 11) is 3.51. The molecule has 1 saturated heterocycles. The van der Waals surface area contributed by atoms with Gasteiger partial charge in [-0.1, -0.05) is 143 Å². The number of fused-ring (bicyclic) bond motifs is 1. The number of nitrogens with zero attached hydrogens (tertiary/aromatic N) is 1. The van der Waals surface area contributed by atoms with E-state index in [0.717, 1.165) is 27.0 Å². The molecule has 8 amide bonds. The van der Waals surface area contributed by atoms with Crippen LogP contribution in [-0.4, -0.2) is 154 Å². The van der Waals surface area contributed by atoms with Crippen molar-refractivity contribution in [1.82, 2.24) is 37.2 Å². The van der Waals surface area contributed by atoms with Crippen molar-refractivity contribution in [3.8, 4) is 0 Å². The molecule has 83 heavy (non-hydrogen) atoms. The summed E-state index contributed by atoms with van der Waals surface area (Å²) in [5.74, 6) is -8.74. The van der Waals surface area contributed by atoms with Gasteiger partial charge in [0.25, 0.3) is 6.17 Å². The zero-order chi connectivity index (χ0) is 60.2. The third-order valence-corrected chi connectivity index (χ3v) is 16.9. The number of rotatable bonds is 15. The van der Waals surface area contributed by atoms with Gasteiger partial charge in [0, 0.05) is 30.8 Å². The lowest BCUT2D eigenvalue weighted by Gasteiger charge is -2.42. The molecule has 2 unspecified atom stereocenters. The standard InChI is InChI=1S/C60H74N10O11S2/c1-36(2)70(4,59(79)43-28-27-41-24-14-15-25-42(41)33-43)51-58(78)63-45(26-16-17-29-61)53(73)68-50(37(3)71)57(77)66-47(31-39-20-10-6-11-21-39)55(75)67-49(60(80)81)35-83-82-34-44(62)52(72)64-46(30-38-18-8-5-9-19-38)54(74)65-48(56(76)69-51)32-40-22-12-7-13-23-40/h5-15,18-25,27-28,33,36-37,44-51,71H,16-17,26,29-32,34-35,61-62H2,1-4H3,(H7-,63,64,65,66,67,68,69,72,73,74,75,76,77,78,80,81)/p+1/t37?,44-,45+,46+,47+,48+,49+,50+,51-,70?/m1/s1. The predicted molar refractivity (Wildman–Crippen MR) is 319 cm³/mol. The molecule has 442 valence electrons. The molecule has 1 aliphatic rings. The molecule has 23 heteroatoms. The molecule has 0 radical (unpaired) electrons. The number of carboxylic acids is 1. The first-order valence-corrected chi connectivity index (χ1v) is 29.9. The highest BCUT2D eigenvalue weighted by Crippen LogP contribution is 2.26. The minimum atomic E-state index is -1.85. The number of aliphatic hydroxyl groups is 1. The number of aliphatic carboxylic acids is 1. The highest BCUT2D eigenvalue weighted by atomic mass is 33.1. The smallest absolute Gasteiger partial charge is 0.348 e. The quantitative estimate of drug-likeness (QED) is 0.0407. The fourth-order valence-electron chi connectivity index (χ4n) is 9.35. The van der Waals surface area contributed by atoms with E-state index in [0.29, 0.717) is 28.5 Å². The average molecular weight is 1180 g/mol. The Morgan fingerprint density at radius 1 is 0.554 bits per heavy atom. The lowest BCUT2D eigenvalue weighted by molar-refractivity contribution is -0.869. The van der Waals surface area contributed by atoms with Crippen LogP contribution in [0, 0.1) is 0 Å². The third kappa shape index (κ3) is 18.2. The number of carbonyl (C=O) groups excluding carboxylic acids is 8. The third-order valence-electron chi connectivity index (χ3n) is 14.5. The molecular formula is C60H75N10O11S2+. The van der Waals surface area contributed by atoms with E-state index in [2.05, 4.69) is 37.2 Å². The van der Waals surface area contributed by atoms with Gasteiger partial charge in [0.1, 0.15) is 36.3 Å². The van der Waals surface area contributed by atoms with Crippen LogP contribution in [0.2, 0.25) is 0 Å². The number of aliphatic hydroxyl groups excluding tert-OH is 1. The normalized spacial score (nSPS) is 23.4. The number of hydrogen-bond donors (Lipinski definition) is 11. The summed E-state index contributed by atoms with van der Waals surface area (Å²) >= 11 is 0. The van der Waals surface area contributed by atoms with Gasteiger partial charge in [-0.15, -0.1) is 0 Å². The fourth-order valence-corrected chi connectivity index (χ4v) is 11.6.